The quantitative estimate of drug-likeness (QED) is 0.262. The minimum atomic E-state index is -1.85. The molecule has 0 spiro atoms. The van der Waals surface area contributed by atoms with Gasteiger partial charge in [0.05, 0.1) is 0 Å². The lowest BCUT2D eigenvalue weighted by molar-refractivity contribution is -0.202. The van der Waals surface area contributed by atoms with E-state index in [4.69, 9.17) is 9.47 Å². The van der Waals surface area contributed by atoms with E-state index in [9.17, 15) is 19.8 Å². The van der Waals surface area contributed by atoms with Crippen LogP contribution >= 0.6 is 0 Å². The molecule has 0 saturated carbocycles. The van der Waals surface area contributed by atoms with Crippen LogP contribution in [-0.4, -0.2) is 46.1 Å². The Morgan fingerprint density at radius 3 is 1.96 bits per heavy atom. The molecule has 2 N–H and O–H groups in total. The highest BCUT2D eigenvalue weighted by atomic mass is 16.6. The van der Waals surface area contributed by atoms with Crippen molar-refractivity contribution < 1.29 is 29.3 Å². The van der Waals surface area contributed by atoms with Gasteiger partial charge in [-0.1, -0.05) is 70.8 Å². The van der Waals surface area contributed by atoms with Gasteiger partial charge in [0.15, 0.2) is 11.7 Å². The summed E-state index contributed by atoms with van der Waals surface area (Å²) in [5.41, 5.74) is -1.85. The number of carbonyl (C=O) groups is 2. The number of hydrogen-bond donors (Lipinski definition) is 2. The maximum atomic E-state index is 11.5. The first-order chi connectivity index (χ1) is 13.3. The van der Waals surface area contributed by atoms with Crippen LogP contribution in [0.15, 0.2) is 12.2 Å². The summed E-state index contributed by atoms with van der Waals surface area (Å²) in [4.78, 5) is 22.9. The van der Waals surface area contributed by atoms with Crippen LogP contribution in [0.4, 0.5) is 0 Å². The first kappa shape index (κ1) is 24.6. The van der Waals surface area contributed by atoms with Crippen molar-refractivity contribution in [1.29, 1.82) is 0 Å². The molecule has 0 bridgehead atoms. The van der Waals surface area contributed by atoms with Crippen molar-refractivity contribution in [2.45, 2.75) is 115 Å². The summed E-state index contributed by atoms with van der Waals surface area (Å²) in [7, 11) is 0. The van der Waals surface area contributed by atoms with E-state index in [-0.39, 0.29) is 0 Å². The van der Waals surface area contributed by atoms with E-state index < -0.39 is 35.9 Å². The van der Waals surface area contributed by atoms with Crippen LogP contribution in [0.3, 0.4) is 0 Å². The Morgan fingerprint density at radius 1 is 0.929 bits per heavy atom. The van der Waals surface area contributed by atoms with Crippen LogP contribution < -0.4 is 0 Å². The number of hydrogen-bond acceptors (Lipinski definition) is 6. The summed E-state index contributed by atoms with van der Waals surface area (Å²) in [6, 6.07) is 0. The minimum absolute atomic E-state index is 0.406. The van der Waals surface area contributed by atoms with E-state index >= 15 is 0 Å². The fourth-order valence-electron chi connectivity index (χ4n) is 3.77. The zero-order valence-electron chi connectivity index (χ0n) is 17.7. The monoisotopic (exact) mass is 398 g/mol. The summed E-state index contributed by atoms with van der Waals surface area (Å²) in [6.07, 6.45) is 11.7. The average molecular weight is 399 g/mol. The number of aliphatic hydroxyl groups is 2. The third kappa shape index (κ3) is 7.92. The second-order valence-corrected chi connectivity index (χ2v) is 7.82. The molecule has 162 valence electrons. The fourth-order valence-corrected chi connectivity index (χ4v) is 3.77. The van der Waals surface area contributed by atoms with Crippen molar-refractivity contribution in [3.63, 3.8) is 0 Å². The van der Waals surface area contributed by atoms with E-state index in [0.717, 1.165) is 19.3 Å². The smallest absolute Gasteiger partial charge is 0.303 e. The molecule has 0 fully saturated rings. The summed E-state index contributed by atoms with van der Waals surface area (Å²) < 4.78 is 10.5. The van der Waals surface area contributed by atoms with Crippen LogP contribution in [0, 0.1) is 0 Å². The van der Waals surface area contributed by atoms with Crippen molar-refractivity contribution in [2.24, 2.45) is 0 Å². The Labute approximate surface area is 169 Å². The van der Waals surface area contributed by atoms with Gasteiger partial charge in [0.25, 0.3) is 0 Å². The summed E-state index contributed by atoms with van der Waals surface area (Å²) in [5.74, 6) is -1.10. The Kier molecular flexibility index (Phi) is 11.4. The predicted molar refractivity (Wildman–Crippen MR) is 108 cm³/mol. The Hall–Kier alpha value is -1.40. The Balaban J connectivity index is 2.46. The molecule has 4 atom stereocenters. The van der Waals surface area contributed by atoms with Gasteiger partial charge in [-0.15, -0.1) is 0 Å². The fraction of sp³-hybridized carbons (Fsp3) is 0.818. The van der Waals surface area contributed by atoms with Crippen molar-refractivity contribution in [3.05, 3.63) is 12.2 Å². The number of aliphatic hydroxyl groups excluding tert-OH is 1. The van der Waals surface area contributed by atoms with Gasteiger partial charge in [0.1, 0.15) is 12.2 Å². The highest BCUT2D eigenvalue weighted by molar-refractivity contribution is 5.67. The second-order valence-electron chi connectivity index (χ2n) is 7.82. The molecule has 0 heterocycles. The second kappa shape index (κ2) is 12.9. The molecule has 0 aromatic rings. The van der Waals surface area contributed by atoms with Gasteiger partial charge < -0.3 is 19.7 Å². The van der Waals surface area contributed by atoms with Gasteiger partial charge in [-0.2, -0.15) is 0 Å². The summed E-state index contributed by atoms with van der Waals surface area (Å²) >= 11 is 0. The number of rotatable bonds is 14. The van der Waals surface area contributed by atoms with Crippen LogP contribution in [-0.2, 0) is 19.1 Å². The van der Waals surface area contributed by atoms with Crippen LogP contribution in [0.2, 0.25) is 0 Å². The van der Waals surface area contributed by atoms with Crippen LogP contribution in [0.1, 0.15) is 91.4 Å². The van der Waals surface area contributed by atoms with Crippen molar-refractivity contribution in [2.75, 3.05) is 0 Å². The molecule has 0 saturated heterocycles. The summed E-state index contributed by atoms with van der Waals surface area (Å²) in [6.45, 7) is 4.72. The molecular weight excluding hydrogens is 360 g/mol. The third-order valence-electron chi connectivity index (χ3n) is 5.33. The van der Waals surface area contributed by atoms with E-state index in [1.807, 2.05) is 0 Å². The zero-order chi connectivity index (χ0) is 21.0. The van der Waals surface area contributed by atoms with Crippen molar-refractivity contribution >= 4 is 11.9 Å². The molecule has 6 nitrogen and oxygen atoms in total. The number of carbonyl (C=O) groups excluding carboxylic acids is 2. The Bertz CT molecular complexity index is 503. The number of ether oxygens (including phenoxy) is 2. The topological polar surface area (TPSA) is 93.1 Å². The molecule has 0 aliphatic heterocycles. The first-order valence-corrected chi connectivity index (χ1v) is 10.8. The lowest BCUT2D eigenvalue weighted by Gasteiger charge is -2.38. The van der Waals surface area contributed by atoms with Gasteiger partial charge in [0.2, 0.25) is 0 Å². The SMILES string of the molecule is CCCCCCCCCCCCC(OC(C)=O)[C@@]1(O)C(O)C=C[C@H]1OC(C)=O. The lowest BCUT2D eigenvalue weighted by atomic mass is 9.86. The molecule has 2 unspecified atom stereocenters. The van der Waals surface area contributed by atoms with Crippen molar-refractivity contribution in [1.82, 2.24) is 0 Å². The normalized spacial score (nSPS) is 24.9. The van der Waals surface area contributed by atoms with Gasteiger partial charge >= 0.3 is 11.9 Å². The average Bonchev–Trinajstić information content (AvgIpc) is 2.90. The van der Waals surface area contributed by atoms with Gasteiger partial charge in [-0.3, -0.25) is 9.59 Å². The third-order valence-corrected chi connectivity index (χ3v) is 5.33. The molecule has 0 radical (unpaired) electrons. The maximum Gasteiger partial charge on any atom is 0.303 e. The Morgan fingerprint density at radius 2 is 1.46 bits per heavy atom. The van der Waals surface area contributed by atoms with Gasteiger partial charge in [-0.05, 0) is 18.9 Å². The van der Waals surface area contributed by atoms with Gasteiger partial charge in [-0.25, -0.2) is 0 Å². The van der Waals surface area contributed by atoms with E-state index in [1.54, 1.807) is 0 Å². The van der Waals surface area contributed by atoms with Gasteiger partial charge in [0, 0.05) is 13.8 Å². The van der Waals surface area contributed by atoms with E-state index in [2.05, 4.69) is 6.92 Å². The summed E-state index contributed by atoms with van der Waals surface area (Å²) in [5, 5.41) is 21.3. The van der Waals surface area contributed by atoms with E-state index in [0.29, 0.717) is 6.42 Å². The van der Waals surface area contributed by atoms with Crippen molar-refractivity contribution in [3.8, 4) is 0 Å². The largest absolute Gasteiger partial charge is 0.459 e. The zero-order valence-corrected chi connectivity index (χ0v) is 17.7. The first-order valence-electron chi connectivity index (χ1n) is 10.8. The van der Waals surface area contributed by atoms with E-state index in [1.165, 1.54) is 70.9 Å². The molecule has 1 rings (SSSR count). The molecule has 0 amide bonds. The van der Waals surface area contributed by atoms with Crippen LogP contribution in [0.5, 0.6) is 0 Å². The molecule has 0 aromatic carbocycles. The number of unbranched alkanes of at least 4 members (excludes halogenated alkanes) is 9. The standard InChI is InChI=1S/C22H38O6/c1-4-5-6-7-8-9-10-11-12-13-14-20(27-17(2)23)22(26)19(25)15-16-21(22)28-18(3)24/h15-16,19-21,25-26H,4-14H2,1-3H3/t19?,20?,21-,22+/m1/s1. The maximum absolute atomic E-state index is 11.5. The minimum Gasteiger partial charge on any atom is -0.459 e. The molecular formula is C22H38O6. The molecule has 1 aliphatic rings. The highest BCUT2D eigenvalue weighted by Gasteiger charge is 2.54. The van der Waals surface area contributed by atoms with Crippen LogP contribution in [0.25, 0.3) is 0 Å². The molecule has 0 aromatic heterocycles. The number of esters is 2. The predicted octanol–water partition coefficient (Wildman–Crippen LogP) is 3.82. The highest BCUT2D eigenvalue weighted by Crippen LogP contribution is 2.35. The molecule has 28 heavy (non-hydrogen) atoms. The lowest BCUT2D eigenvalue weighted by Crippen LogP contribution is -2.58. The molecule has 6 heteroatoms. The molecule has 1 aliphatic carbocycles.